The molecule has 0 saturated carbocycles. The molecule has 0 bridgehead atoms. The minimum absolute atomic E-state index is 0.0446. The van der Waals surface area contributed by atoms with Crippen LogP contribution in [0.15, 0.2) is 0 Å². The van der Waals surface area contributed by atoms with Gasteiger partial charge in [0.1, 0.15) is 0 Å². The van der Waals surface area contributed by atoms with E-state index in [4.69, 9.17) is 15.9 Å². The molecule has 4 N–H and O–H groups in total. The number of aliphatic hydroxyl groups excluding tert-OH is 2. The highest BCUT2D eigenvalue weighted by Crippen LogP contribution is 1.98. The van der Waals surface area contributed by atoms with Gasteiger partial charge in [-0.05, 0) is 12.8 Å². The van der Waals surface area contributed by atoms with Crippen molar-refractivity contribution in [1.82, 2.24) is 0 Å². The zero-order valence-electron chi connectivity index (χ0n) is 5.75. The minimum atomic E-state index is -0.354. The number of hydrogen-bond donors (Lipinski definition) is 3. The lowest BCUT2D eigenvalue weighted by Crippen LogP contribution is -2.29. The summed E-state index contributed by atoms with van der Waals surface area (Å²) in [5.41, 5.74) is 5.34. The van der Waals surface area contributed by atoms with Crippen LogP contribution in [-0.2, 0) is 0 Å². The molecule has 0 aromatic heterocycles. The van der Waals surface area contributed by atoms with Crippen LogP contribution >= 0.6 is 0 Å². The molecule has 0 aromatic rings. The van der Waals surface area contributed by atoms with Crippen molar-refractivity contribution in [3.8, 4) is 0 Å². The molecule has 0 spiro atoms. The maximum absolute atomic E-state index is 8.97. The maximum Gasteiger partial charge on any atom is 0.0583 e. The van der Waals surface area contributed by atoms with E-state index in [2.05, 4.69) is 0 Å². The zero-order valence-corrected chi connectivity index (χ0v) is 5.75. The lowest BCUT2D eigenvalue weighted by Gasteiger charge is -2.11. The molecule has 0 fully saturated rings. The third-order valence-corrected chi connectivity index (χ3v) is 1.28. The Morgan fingerprint density at radius 3 is 2.44 bits per heavy atom. The highest BCUT2D eigenvalue weighted by molar-refractivity contribution is 4.64. The molecule has 0 aromatic carbocycles. The molecule has 3 heteroatoms. The average Bonchev–Trinajstić information content (AvgIpc) is 1.87. The van der Waals surface area contributed by atoms with Gasteiger partial charge in [0.05, 0.1) is 12.7 Å². The van der Waals surface area contributed by atoms with E-state index in [-0.39, 0.29) is 18.8 Å². The van der Waals surface area contributed by atoms with Crippen LogP contribution in [0.3, 0.4) is 0 Å². The van der Waals surface area contributed by atoms with Gasteiger partial charge in [-0.25, -0.2) is 0 Å². The van der Waals surface area contributed by atoms with Gasteiger partial charge < -0.3 is 15.9 Å². The molecule has 56 valence electrons. The summed E-state index contributed by atoms with van der Waals surface area (Å²) in [5.74, 6) is 0. The monoisotopic (exact) mass is 133 g/mol. The molecule has 0 aliphatic heterocycles. The third-order valence-electron chi connectivity index (χ3n) is 1.28. The van der Waals surface area contributed by atoms with Crippen LogP contribution in [0.2, 0.25) is 0 Å². The third kappa shape index (κ3) is 4.39. The van der Waals surface area contributed by atoms with Crippen molar-refractivity contribution in [2.45, 2.75) is 31.9 Å². The van der Waals surface area contributed by atoms with E-state index in [0.717, 1.165) is 0 Å². The molecule has 0 amide bonds. The summed E-state index contributed by atoms with van der Waals surface area (Å²) in [7, 11) is 0. The summed E-state index contributed by atoms with van der Waals surface area (Å²) in [6.45, 7) is 1.84. The molecule has 0 rings (SSSR count). The van der Waals surface area contributed by atoms with Gasteiger partial charge in [0.2, 0.25) is 0 Å². The second kappa shape index (κ2) is 4.73. The molecule has 9 heavy (non-hydrogen) atoms. The Balaban J connectivity index is 3.22. The van der Waals surface area contributed by atoms with Crippen LogP contribution in [0.4, 0.5) is 0 Å². The van der Waals surface area contributed by atoms with E-state index in [1.165, 1.54) is 0 Å². The van der Waals surface area contributed by atoms with Gasteiger partial charge in [0.25, 0.3) is 0 Å². The molecular weight excluding hydrogens is 118 g/mol. The first-order valence-corrected chi connectivity index (χ1v) is 3.25. The maximum atomic E-state index is 8.97. The highest BCUT2D eigenvalue weighted by atomic mass is 16.3. The topological polar surface area (TPSA) is 66.5 Å². The van der Waals surface area contributed by atoms with Gasteiger partial charge >= 0.3 is 0 Å². The fourth-order valence-corrected chi connectivity index (χ4v) is 0.591. The Bertz CT molecular complexity index is 60.1. The summed E-state index contributed by atoms with van der Waals surface area (Å²) in [6, 6.07) is -0.264. The molecule has 0 unspecified atom stereocenters. The number of nitrogens with two attached hydrogens (primary N) is 1. The first-order chi connectivity index (χ1) is 4.20. The molecule has 0 saturated heterocycles. The van der Waals surface area contributed by atoms with Crippen LogP contribution in [0, 0.1) is 0 Å². The smallest absolute Gasteiger partial charge is 0.0583 e. The van der Waals surface area contributed by atoms with Crippen molar-refractivity contribution < 1.29 is 10.2 Å². The number of rotatable bonds is 4. The number of aliphatic hydroxyl groups is 2. The van der Waals surface area contributed by atoms with Crippen molar-refractivity contribution in [3.63, 3.8) is 0 Å². The minimum Gasteiger partial charge on any atom is -0.395 e. The summed E-state index contributed by atoms with van der Waals surface area (Å²) in [4.78, 5) is 0. The van der Waals surface area contributed by atoms with Crippen LogP contribution in [-0.4, -0.2) is 29.0 Å². The summed E-state index contributed by atoms with van der Waals surface area (Å²) >= 11 is 0. The van der Waals surface area contributed by atoms with Crippen molar-refractivity contribution in [3.05, 3.63) is 0 Å². The van der Waals surface area contributed by atoms with Gasteiger partial charge in [0.15, 0.2) is 0 Å². The Morgan fingerprint density at radius 2 is 2.11 bits per heavy atom. The fraction of sp³-hybridized carbons (Fsp3) is 1.00. The summed E-state index contributed by atoms with van der Waals surface area (Å²) in [5, 5.41) is 17.4. The second-order valence-corrected chi connectivity index (χ2v) is 2.24. The molecule has 0 heterocycles. The van der Waals surface area contributed by atoms with E-state index < -0.39 is 0 Å². The van der Waals surface area contributed by atoms with Crippen LogP contribution in [0.5, 0.6) is 0 Å². The Labute approximate surface area is 55.5 Å². The van der Waals surface area contributed by atoms with Crippen molar-refractivity contribution in [1.29, 1.82) is 0 Å². The van der Waals surface area contributed by atoms with Gasteiger partial charge in [-0.15, -0.1) is 0 Å². The SMILES string of the molecule is CC[C@H](O)C[C@H](N)CO. The normalized spacial score (nSPS) is 17.3. The lowest BCUT2D eigenvalue weighted by atomic mass is 10.1. The lowest BCUT2D eigenvalue weighted by molar-refractivity contribution is 0.135. The van der Waals surface area contributed by atoms with Gasteiger partial charge in [-0.2, -0.15) is 0 Å². The van der Waals surface area contributed by atoms with Crippen molar-refractivity contribution in [2.24, 2.45) is 5.73 Å². The van der Waals surface area contributed by atoms with Gasteiger partial charge in [-0.1, -0.05) is 6.92 Å². The molecule has 0 aliphatic rings. The summed E-state index contributed by atoms with van der Waals surface area (Å²) in [6.07, 6.45) is 0.841. The molecule has 0 aliphatic carbocycles. The van der Waals surface area contributed by atoms with Crippen LogP contribution in [0.1, 0.15) is 19.8 Å². The first kappa shape index (κ1) is 8.88. The Kier molecular flexibility index (Phi) is 4.67. The highest BCUT2D eigenvalue weighted by Gasteiger charge is 2.06. The fourth-order valence-electron chi connectivity index (χ4n) is 0.591. The number of hydrogen-bond acceptors (Lipinski definition) is 3. The standard InChI is InChI=1S/C6H15NO2/c1-2-6(9)3-5(7)4-8/h5-6,8-9H,2-4,7H2,1H3/t5-,6-/m0/s1. The van der Waals surface area contributed by atoms with E-state index >= 15 is 0 Å². The van der Waals surface area contributed by atoms with Gasteiger partial charge in [0, 0.05) is 6.04 Å². The Morgan fingerprint density at radius 1 is 1.56 bits per heavy atom. The predicted molar refractivity (Wildman–Crippen MR) is 36.0 cm³/mol. The zero-order chi connectivity index (χ0) is 7.28. The molecule has 0 radical (unpaired) electrons. The van der Waals surface area contributed by atoms with Crippen LogP contribution in [0.25, 0.3) is 0 Å². The van der Waals surface area contributed by atoms with Crippen molar-refractivity contribution in [2.75, 3.05) is 6.61 Å². The Hall–Kier alpha value is -0.120. The van der Waals surface area contributed by atoms with Crippen LogP contribution < -0.4 is 5.73 Å². The second-order valence-electron chi connectivity index (χ2n) is 2.24. The van der Waals surface area contributed by atoms with E-state index in [9.17, 15) is 0 Å². The van der Waals surface area contributed by atoms with Gasteiger partial charge in [-0.3, -0.25) is 0 Å². The average molecular weight is 133 g/mol. The van der Waals surface area contributed by atoms with E-state index in [1.54, 1.807) is 0 Å². The summed E-state index contributed by atoms with van der Waals surface area (Å²) < 4.78 is 0. The predicted octanol–water partition coefficient (Wildman–Crippen LogP) is -0.533. The van der Waals surface area contributed by atoms with E-state index in [0.29, 0.717) is 12.8 Å². The molecule has 3 nitrogen and oxygen atoms in total. The molecular formula is C6H15NO2. The quantitative estimate of drug-likeness (QED) is 0.483. The van der Waals surface area contributed by atoms with Crippen molar-refractivity contribution >= 4 is 0 Å². The molecule has 2 atom stereocenters. The van der Waals surface area contributed by atoms with E-state index in [1.807, 2.05) is 6.92 Å². The largest absolute Gasteiger partial charge is 0.395 e. The first-order valence-electron chi connectivity index (χ1n) is 3.25.